The van der Waals surface area contributed by atoms with Gasteiger partial charge in [0.25, 0.3) is 0 Å². The summed E-state index contributed by atoms with van der Waals surface area (Å²) < 4.78 is 16.9. The molecule has 0 amide bonds. The van der Waals surface area contributed by atoms with Gasteiger partial charge in [-0.3, -0.25) is 4.21 Å². The molecule has 0 aliphatic heterocycles. The third kappa shape index (κ3) is 6.31. The number of hydrogen-bond acceptors (Lipinski definition) is 2. The summed E-state index contributed by atoms with van der Waals surface area (Å²) in [5, 5.41) is 0. The molecule has 0 aromatic heterocycles. The number of rotatable bonds is 8. The fourth-order valence-corrected chi connectivity index (χ4v) is 2.27. The van der Waals surface area contributed by atoms with Crippen LogP contribution in [0, 0.1) is 5.92 Å². The Balaban J connectivity index is 2.23. The number of aryl methyl sites for hydroxylation is 1. The molecule has 1 aromatic carbocycles. The minimum Gasteiger partial charge on any atom is -0.381 e. The van der Waals surface area contributed by atoms with Crippen molar-refractivity contribution in [3.63, 3.8) is 0 Å². The van der Waals surface area contributed by atoms with Gasteiger partial charge in [0.1, 0.15) is 0 Å². The van der Waals surface area contributed by atoms with E-state index in [0.717, 1.165) is 37.4 Å². The van der Waals surface area contributed by atoms with E-state index in [1.165, 1.54) is 5.56 Å². The van der Waals surface area contributed by atoms with Gasteiger partial charge in [-0.2, -0.15) is 0 Å². The molecule has 0 N–H and O–H groups in total. The summed E-state index contributed by atoms with van der Waals surface area (Å²) in [6, 6.07) is 8.01. The molecule has 1 rings (SSSR count). The van der Waals surface area contributed by atoms with Crippen LogP contribution in [0.3, 0.4) is 0 Å². The highest BCUT2D eigenvalue weighted by atomic mass is 32.2. The van der Waals surface area contributed by atoms with Crippen molar-refractivity contribution in [1.82, 2.24) is 0 Å². The largest absolute Gasteiger partial charge is 0.381 e. The lowest BCUT2D eigenvalue weighted by Gasteiger charge is -2.07. The molecule has 1 atom stereocenters. The smallest absolute Gasteiger partial charge is 0.0498 e. The highest BCUT2D eigenvalue weighted by molar-refractivity contribution is 7.84. The van der Waals surface area contributed by atoms with Gasteiger partial charge in [-0.15, -0.1) is 0 Å². The first-order valence-electron chi connectivity index (χ1n) is 6.59. The second-order valence-electron chi connectivity index (χ2n) is 5.00. The van der Waals surface area contributed by atoms with Crippen LogP contribution < -0.4 is 0 Å². The van der Waals surface area contributed by atoms with Crippen LogP contribution in [0.1, 0.15) is 32.3 Å². The van der Waals surface area contributed by atoms with E-state index in [-0.39, 0.29) is 0 Å². The maximum Gasteiger partial charge on any atom is 0.0498 e. The van der Waals surface area contributed by atoms with E-state index in [9.17, 15) is 4.21 Å². The van der Waals surface area contributed by atoms with Gasteiger partial charge >= 0.3 is 0 Å². The molecule has 0 saturated heterocycles. The van der Waals surface area contributed by atoms with E-state index in [1.54, 1.807) is 6.26 Å². The molecule has 0 fully saturated rings. The highest BCUT2D eigenvalue weighted by Crippen LogP contribution is 2.10. The van der Waals surface area contributed by atoms with E-state index < -0.39 is 10.8 Å². The van der Waals surface area contributed by atoms with E-state index in [1.807, 2.05) is 18.2 Å². The lowest BCUT2D eigenvalue weighted by Crippen LogP contribution is -2.01. The van der Waals surface area contributed by atoms with Gasteiger partial charge in [-0.1, -0.05) is 26.0 Å². The molecule has 3 heteroatoms. The van der Waals surface area contributed by atoms with Crippen LogP contribution in [0.25, 0.3) is 0 Å². The van der Waals surface area contributed by atoms with Crippen molar-refractivity contribution in [2.75, 3.05) is 19.5 Å². The zero-order valence-electron chi connectivity index (χ0n) is 11.6. The Morgan fingerprint density at radius 1 is 1.28 bits per heavy atom. The van der Waals surface area contributed by atoms with Crippen molar-refractivity contribution >= 4 is 10.8 Å². The summed E-state index contributed by atoms with van der Waals surface area (Å²) >= 11 is 0. The first-order chi connectivity index (χ1) is 8.59. The maximum atomic E-state index is 11.4. The SMILES string of the molecule is CC(C)CCOCCCc1cccc(S(C)=O)c1. The van der Waals surface area contributed by atoms with Crippen LogP contribution in [-0.4, -0.2) is 23.7 Å². The zero-order chi connectivity index (χ0) is 13.4. The van der Waals surface area contributed by atoms with Crippen LogP contribution in [0.2, 0.25) is 0 Å². The van der Waals surface area contributed by atoms with Crippen molar-refractivity contribution < 1.29 is 8.95 Å². The third-order valence-corrected chi connectivity index (χ3v) is 3.74. The minimum atomic E-state index is -0.886. The number of hydrogen-bond donors (Lipinski definition) is 0. The molecule has 0 bridgehead atoms. The lowest BCUT2D eigenvalue weighted by atomic mass is 10.1. The summed E-state index contributed by atoms with van der Waals surface area (Å²) in [6.45, 7) is 6.09. The van der Waals surface area contributed by atoms with Gasteiger partial charge in [-0.05, 0) is 42.9 Å². The first-order valence-corrected chi connectivity index (χ1v) is 8.15. The van der Waals surface area contributed by atoms with Crippen LogP contribution in [0.5, 0.6) is 0 Å². The molecule has 102 valence electrons. The Morgan fingerprint density at radius 3 is 2.72 bits per heavy atom. The van der Waals surface area contributed by atoms with Gasteiger partial charge in [-0.25, -0.2) is 0 Å². The summed E-state index contributed by atoms with van der Waals surface area (Å²) in [5.41, 5.74) is 1.25. The van der Waals surface area contributed by atoms with E-state index >= 15 is 0 Å². The summed E-state index contributed by atoms with van der Waals surface area (Å²) in [6.07, 6.45) is 4.86. The monoisotopic (exact) mass is 268 g/mol. The Hall–Kier alpha value is -0.670. The normalized spacial score (nSPS) is 12.9. The molecule has 0 radical (unpaired) electrons. The van der Waals surface area contributed by atoms with Crippen molar-refractivity contribution in [2.24, 2.45) is 5.92 Å². The second-order valence-corrected chi connectivity index (χ2v) is 6.38. The molecular weight excluding hydrogens is 244 g/mol. The minimum absolute atomic E-state index is 0.709. The Kier molecular flexibility index (Phi) is 7.21. The average molecular weight is 268 g/mol. The van der Waals surface area contributed by atoms with Crippen LogP contribution in [0.4, 0.5) is 0 Å². The predicted molar refractivity (Wildman–Crippen MR) is 77.4 cm³/mol. The molecule has 1 aromatic rings. The molecule has 2 nitrogen and oxygen atoms in total. The molecule has 0 spiro atoms. The Labute approximate surface area is 113 Å². The standard InChI is InChI=1S/C15H24O2S/c1-13(2)9-11-17-10-5-7-14-6-4-8-15(12-14)18(3)16/h4,6,8,12-13H,5,7,9-11H2,1-3H3. The second kappa shape index (κ2) is 8.44. The van der Waals surface area contributed by atoms with Gasteiger partial charge in [0.15, 0.2) is 0 Å². The van der Waals surface area contributed by atoms with Crippen molar-refractivity contribution in [2.45, 2.75) is 38.0 Å². The third-order valence-electron chi connectivity index (χ3n) is 2.82. The van der Waals surface area contributed by atoms with E-state index in [0.29, 0.717) is 5.92 Å². The highest BCUT2D eigenvalue weighted by Gasteiger charge is 2.00. The maximum absolute atomic E-state index is 11.4. The van der Waals surface area contributed by atoms with Crippen LogP contribution >= 0.6 is 0 Å². The quantitative estimate of drug-likeness (QED) is 0.675. The van der Waals surface area contributed by atoms with E-state index in [4.69, 9.17) is 4.74 Å². The van der Waals surface area contributed by atoms with E-state index in [2.05, 4.69) is 19.9 Å². The van der Waals surface area contributed by atoms with Gasteiger partial charge in [0.05, 0.1) is 0 Å². The molecule has 0 aliphatic carbocycles. The van der Waals surface area contributed by atoms with Crippen molar-refractivity contribution in [3.8, 4) is 0 Å². The van der Waals surface area contributed by atoms with Gasteiger partial charge in [0, 0.05) is 35.2 Å². The fraction of sp³-hybridized carbons (Fsp3) is 0.600. The molecular formula is C15H24O2S. The summed E-state index contributed by atoms with van der Waals surface area (Å²) in [5.74, 6) is 0.709. The number of benzene rings is 1. The van der Waals surface area contributed by atoms with Crippen LogP contribution in [0.15, 0.2) is 29.2 Å². The predicted octanol–water partition coefficient (Wildman–Crippen LogP) is 3.42. The molecule has 0 heterocycles. The van der Waals surface area contributed by atoms with Gasteiger partial charge in [0.2, 0.25) is 0 Å². The zero-order valence-corrected chi connectivity index (χ0v) is 12.5. The summed E-state index contributed by atoms with van der Waals surface area (Å²) in [4.78, 5) is 0.910. The first kappa shape index (κ1) is 15.4. The Bertz CT molecular complexity index is 375. The average Bonchev–Trinajstić information content (AvgIpc) is 2.33. The topological polar surface area (TPSA) is 26.3 Å². The fourth-order valence-electron chi connectivity index (χ4n) is 1.68. The molecule has 1 unspecified atom stereocenters. The van der Waals surface area contributed by atoms with Crippen molar-refractivity contribution in [3.05, 3.63) is 29.8 Å². The Morgan fingerprint density at radius 2 is 2.06 bits per heavy atom. The van der Waals surface area contributed by atoms with Gasteiger partial charge < -0.3 is 4.74 Å². The number of ether oxygens (including phenoxy) is 1. The lowest BCUT2D eigenvalue weighted by molar-refractivity contribution is 0.121. The molecule has 0 saturated carbocycles. The molecule has 0 aliphatic rings. The van der Waals surface area contributed by atoms with Crippen LogP contribution in [-0.2, 0) is 22.0 Å². The van der Waals surface area contributed by atoms with Crippen molar-refractivity contribution in [1.29, 1.82) is 0 Å². The summed E-state index contributed by atoms with van der Waals surface area (Å²) in [7, 11) is -0.886. The molecule has 18 heavy (non-hydrogen) atoms.